The molecule has 0 fully saturated rings. The number of hydrogen-bond acceptors (Lipinski definition) is 7. The van der Waals surface area contributed by atoms with Crippen molar-refractivity contribution in [2.45, 2.75) is 17.9 Å². The van der Waals surface area contributed by atoms with Crippen molar-refractivity contribution in [2.24, 2.45) is 0 Å². The first-order valence-electron chi connectivity index (χ1n) is 10.0. The van der Waals surface area contributed by atoms with Crippen molar-refractivity contribution in [1.29, 1.82) is 0 Å². The summed E-state index contributed by atoms with van der Waals surface area (Å²) in [5, 5.41) is 7.96. The third-order valence-electron chi connectivity index (χ3n) is 5.38. The van der Waals surface area contributed by atoms with Crippen molar-refractivity contribution in [1.82, 2.24) is 14.4 Å². The Labute approximate surface area is 192 Å². The highest BCUT2D eigenvalue weighted by atomic mass is 32.2. The zero-order chi connectivity index (χ0) is 23.0. The molecule has 0 unspecified atom stereocenters. The predicted molar refractivity (Wildman–Crippen MR) is 123 cm³/mol. The number of fused-ring (bicyclic) bond motifs is 1. The Kier molecular flexibility index (Phi) is 5.44. The molecule has 33 heavy (non-hydrogen) atoms. The Hall–Kier alpha value is -3.54. The minimum Gasteiger partial charge on any atom is -0.321 e. The van der Waals surface area contributed by atoms with Crippen molar-refractivity contribution in [3.63, 3.8) is 0 Å². The maximum atomic E-state index is 13.4. The van der Waals surface area contributed by atoms with Gasteiger partial charge in [-0.1, -0.05) is 41.6 Å². The van der Waals surface area contributed by atoms with Gasteiger partial charge in [-0.2, -0.15) is 4.31 Å². The predicted octanol–water partition coefficient (Wildman–Crippen LogP) is 3.09. The fourth-order valence-electron chi connectivity index (χ4n) is 3.77. The van der Waals surface area contributed by atoms with Crippen LogP contribution in [0.4, 0.5) is 5.69 Å². The molecular weight excluding hydrogens is 464 g/mol. The van der Waals surface area contributed by atoms with E-state index in [0.717, 1.165) is 22.5 Å². The molecule has 1 amide bonds. The fraction of sp³-hybridized carbons (Fsp3) is 0.136. The first kappa shape index (κ1) is 21.3. The second-order valence-electron chi connectivity index (χ2n) is 7.45. The zero-order valence-electron chi connectivity index (χ0n) is 17.1. The van der Waals surface area contributed by atoms with E-state index in [-0.39, 0.29) is 22.1 Å². The van der Waals surface area contributed by atoms with Gasteiger partial charge in [-0.25, -0.2) is 13.2 Å². The number of aromatic nitrogens is 2. The van der Waals surface area contributed by atoms with Gasteiger partial charge in [0, 0.05) is 24.3 Å². The molecule has 168 valence electrons. The molecule has 1 aliphatic rings. The summed E-state index contributed by atoms with van der Waals surface area (Å²) in [6.07, 6.45) is 0.623. The molecule has 3 heterocycles. The summed E-state index contributed by atoms with van der Waals surface area (Å²) in [5.74, 6) is -0.999. The van der Waals surface area contributed by atoms with Gasteiger partial charge >= 0.3 is 5.76 Å². The van der Waals surface area contributed by atoms with Gasteiger partial charge in [0.05, 0.1) is 0 Å². The standard InChI is InChI=1S/C22H18N4O5S2/c27-21(23-17-7-3-6-15(12-17)20-24-22(28)31-25-20)19-18(9-11-32-19)33(29,30)26-10-8-14-4-1-2-5-16(14)13-26/h1-7,9,11-12H,8,10,13H2,(H,23,27)(H,24,25,28). The van der Waals surface area contributed by atoms with Crippen LogP contribution in [0.3, 0.4) is 0 Å². The molecule has 0 spiro atoms. The SMILES string of the molecule is O=C(Nc1cccc(-c2noc(=O)[nH]2)c1)c1sccc1S(=O)(=O)N1CCc2ccccc2C1. The molecule has 2 aromatic heterocycles. The van der Waals surface area contributed by atoms with E-state index in [1.54, 1.807) is 29.6 Å². The molecule has 0 bridgehead atoms. The number of rotatable bonds is 5. The molecule has 2 N–H and O–H groups in total. The van der Waals surface area contributed by atoms with Crippen LogP contribution in [-0.4, -0.2) is 35.3 Å². The number of hydrogen-bond donors (Lipinski definition) is 2. The van der Waals surface area contributed by atoms with Gasteiger partial charge in [-0.3, -0.25) is 14.3 Å². The number of amides is 1. The van der Waals surface area contributed by atoms with Crippen molar-refractivity contribution >= 4 is 33.0 Å². The Morgan fingerprint density at radius 3 is 2.73 bits per heavy atom. The number of anilines is 1. The molecule has 1 aliphatic heterocycles. The van der Waals surface area contributed by atoms with Crippen molar-refractivity contribution in [3.8, 4) is 11.4 Å². The van der Waals surface area contributed by atoms with Gasteiger partial charge in [0.1, 0.15) is 9.77 Å². The van der Waals surface area contributed by atoms with Crippen LogP contribution >= 0.6 is 11.3 Å². The summed E-state index contributed by atoms with van der Waals surface area (Å²) < 4.78 is 32.7. The van der Waals surface area contributed by atoms with Gasteiger partial charge in [-0.05, 0) is 41.1 Å². The number of nitrogens with zero attached hydrogens (tertiary/aromatic N) is 2. The van der Waals surface area contributed by atoms with Crippen molar-refractivity contribution in [3.05, 3.63) is 86.5 Å². The molecule has 9 nitrogen and oxygen atoms in total. The minimum atomic E-state index is -3.86. The van der Waals surface area contributed by atoms with E-state index >= 15 is 0 Å². The highest BCUT2D eigenvalue weighted by molar-refractivity contribution is 7.89. The van der Waals surface area contributed by atoms with E-state index in [4.69, 9.17) is 0 Å². The van der Waals surface area contributed by atoms with Crippen molar-refractivity contribution < 1.29 is 17.7 Å². The molecule has 0 atom stereocenters. The number of H-pyrrole nitrogens is 1. The van der Waals surface area contributed by atoms with Crippen LogP contribution in [0.5, 0.6) is 0 Å². The van der Waals surface area contributed by atoms with E-state index in [2.05, 4.69) is 20.0 Å². The summed E-state index contributed by atoms with van der Waals surface area (Å²) in [6, 6.07) is 15.9. The fourth-order valence-corrected chi connectivity index (χ4v) is 6.48. The second kappa shape index (κ2) is 8.43. The van der Waals surface area contributed by atoms with Gasteiger partial charge in [0.2, 0.25) is 10.0 Å². The van der Waals surface area contributed by atoms with E-state index in [0.29, 0.717) is 24.2 Å². The number of thiophene rings is 1. The van der Waals surface area contributed by atoms with Gasteiger partial charge in [-0.15, -0.1) is 11.3 Å². The first-order valence-corrected chi connectivity index (χ1v) is 12.4. The molecule has 0 saturated carbocycles. The second-order valence-corrected chi connectivity index (χ2v) is 10.3. The number of aromatic amines is 1. The largest absolute Gasteiger partial charge is 0.439 e. The number of carbonyl (C=O) groups excluding carboxylic acids is 1. The average molecular weight is 483 g/mol. The number of nitrogens with one attached hydrogen (secondary N) is 2. The Bertz CT molecular complexity index is 1500. The molecule has 11 heteroatoms. The van der Waals surface area contributed by atoms with Crippen LogP contribution in [0.15, 0.2) is 74.2 Å². The first-order chi connectivity index (χ1) is 15.9. The van der Waals surface area contributed by atoms with Crippen LogP contribution in [0.2, 0.25) is 0 Å². The van der Waals surface area contributed by atoms with E-state index in [1.165, 1.54) is 10.4 Å². The van der Waals surface area contributed by atoms with Gasteiger partial charge in [0.15, 0.2) is 5.82 Å². The van der Waals surface area contributed by atoms with Crippen LogP contribution in [-0.2, 0) is 23.0 Å². The third kappa shape index (κ3) is 4.13. The quantitative estimate of drug-likeness (QED) is 0.450. The van der Waals surface area contributed by atoms with Crippen molar-refractivity contribution in [2.75, 3.05) is 11.9 Å². The number of benzene rings is 2. The third-order valence-corrected chi connectivity index (χ3v) is 8.31. The topological polar surface area (TPSA) is 125 Å². The number of sulfonamides is 1. The lowest BCUT2D eigenvalue weighted by Crippen LogP contribution is -2.36. The van der Waals surface area contributed by atoms with E-state index < -0.39 is 21.7 Å². The maximum absolute atomic E-state index is 13.4. The summed E-state index contributed by atoms with van der Waals surface area (Å²) in [6.45, 7) is 0.627. The maximum Gasteiger partial charge on any atom is 0.439 e. The lowest BCUT2D eigenvalue weighted by molar-refractivity contribution is 0.102. The lowest BCUT2D eigenvalue weighted by Gasteiger charge is -2.28. The van der Waals surface area contributed by atoms with Gasteiger partial charge in [0.25, 0.3) is 5.91 Å². The molecule has 2 aromatic carbocycles. The zero-order valence-corrected chi connectivity index (χ0v) is 18.8. The smallest absolute Gasteiger partial charge is 0.321 e. The molecule has 4 aromatic rings. The monoisotopic (exact) mass is 482 g/mol. The highest BCUT2D eigenvalue weighted by Gasteiger charge is 2.32. The molecule has 5 rings (SSSR count). The number of carbonyl (C=O) groups is 1. The highest BCUT2D eigenvalue weighted by Crippen LogP contribution is 2.30. The molecule has 0 aliphatic carbocycles. The summed E-state index contributed by atoms with van der Waals surface area (Å²) in [5.41, 5.74) is 3.06. The van der Waals surface area contributed by atoms with Crippen LogP contribution in [0.25, 0.3) is 11.4 Å². The van der Waals surface area contributed by atoms with E-state index in [9.17, 15) is 18.0 Å². The summed E-state index contributed by atoms with van der Waals surface area (Å²) in [7, 11) is -3.86. The normalized spacial score (nSPS) is 14.1. The van der Waals surface area contributed by atoms with Crippen LogP contribution in [0.1, 0.15) is 20.8 Å². The Balaban J connectivity index is 1.39. The summed E-state index contributed by atoms with van der Waals surface area (Å²) >= 11 is 1.06. The lowest BCUT2D eigenvalue weighted by atomic mass is 10.0. The Morgan fingerprint density at radius 2 is 1.94 bits per heavy atom. The Morgan fingerprint density at radius 1 is 1.12 bits per heavy atom. The van der Waals surface area contributed by atoms with E-state index in [1.807, 2.05) is 24.3 Å². The van der Waals surface area contributed by atoms with Gasteiger partial charge < -0.3 is 5.32 Å². The summed E-state index contributed by atoms with van der Waals surface area (Å²) in [4.78, 5) is 26.7. The minimum absolute atomic E-state index is 0.0126. The average Bonchev–Trinajstić information content (AvgIpc) is 3.49. The van der Waals surface area contributed by atoms with Crippen LogP contribution in [0, 0.1) is 0 Å². The molecular formula is C22H18N4O5S2. The molecule has 0 saturated heterocycles. The molecule has 0 radical (unpaired) electrons. The van der Waals surface area contributed by atoms with Crippen LogP contribution < -0.4 is 11.1 Å².